The minimum absolute atomic E-state index is 0.449. The molecule has 1 aromatic rings. The van der Waals surface area contributed by atoms with Gasteiger partial charge in [-0.15, -0.1) is 0 Å². The van der Waals surface area contributed by atoms with Gasteiger partial charge in [-0.05, 0) is 37.3 Å². The molecule has 3 N–H and O–H groups in total. The summed E-state index contributed by atoms with van der Waals surface area (Å²) in [6.07, 6.45) is 7.65. The number of anilines is 2. The highest BCUT2D eigenvalue weighted by atomic mass is 32.2. The van der Waals surface area contributed by atoms with Gasteiger partial charge in [0.25, 0.3) is 0 Å². The predicted octanol–water partition coefficient (Wildman–Crippen LogP) is 3.36. The Labute approximate surface area is 102 Å². The summed E-state index contributed by atoms with van der Waals surface area (Å²) >= 11 is 2.01. The number of nitrogens with two attached hydrogens (primary N) is 1. The lowest BCUT2D eigenvalue weighted by Gasteiger charge is -2.27. The van der Waals surface area contributed by atoms with Crippen LogP contribution >= 0.6 is 11.8 Å². The molecule has 2 nitrogen and oxygen atoms in total. The Kier molecular flexibility index (Phi) is 3.64. The Morgan fingerprint density at radius 3 is 2.75 bits per heavy atom. The molecular weight excluding hydrogens is 216 g/mol. The summed E-state index contributed by atoms with van der Waals surface area (Å²) in [4.78, 5) is 0. The summed E-state index contributed by atoms with van der Waals surface area (Å²) in [5, 5.41) is 3.52. The quantitative estimate of drug-likeness (QED) is 0.787. The van der Waals surface area contributed by atoms with Gasteiger partial charge < -0.3 is 11.1 Å². The van der Waals surface area contributed by atoms with E-state index in [1.165, 1.54) is 25.7 Å². The zero-order chi connectivity index (χ0) is 11.4. The molecule has 0 unspecified atom stereocenters. The van der Waals surface area contributed by atoms with E-state index in [0.717, 1.165) is 17.9 Å². The van der Waals surface area contributed by atoms with Crippen molar-refractivity contribution in [2.75, 3.05) is 23.9 Å². The minimum atomic E-state index is 0.449. The first-order chi connectivity index (χ1) is 7.74. The number of nitrogens with one attached hydrogen (secondary N) is 1. The Balaban J connectivity index is 1.95. The van der Waals surface area contributed by atoms with Crippen molar-refractivity contribution in [3.8, 4) is 0 Å². The smallest absolute Gasteiger partial charge is 0.0361 e. The van der Waals surface area contributed by atoms with E-state index in [4.69, 9.17) is 5.73 Å². The fourth-order valence-electron chi connectivity index (χ4n) is 2.38. The SMILES string of the molecule is CSC1(CNc2cccc(N)c2)CCCC1. The molecule has 0 spiro atoms. The highest BCUT2D eigenvalue weighted by molar-refractivity contribution is 8.00. The first kappa shape index (κ1) is 11.6. The molecule has 0 saturated heterocycles. The number of nitrogen functional groups attached to an aromatic ring is 1. The zero-order valence-corrected chi connectivity index (χ0v) is 10.6. The van der Waals surface area contributed by atoms with Crippen LogP contribution in [-0.2, 0) is 0 Å². The van der Waals surface area contributed by atoms with Gasteiger partial charge in [-0.3, -0.25) is 0 Å². The minimum Gasteiger partial charge on any atom is -0.399 e. The lowest BCUT2D eigenvalue weighted by molar-refractivity contribution is 0.640. The van der Waals surface area contributed by atoms with Crippen LogP contribution in [0.4, 0.5) is 11.4 Å². The maximum absolute atomic E-state index is 5.76. The summed E-state index contributed by atoms with van der Waals surface area (Å²) < 4.78 is 0.449. The van der Waals surface area contributed by atoms with Gasteiger partial charge in [-0.1, -0.05) is 18.9 Å². The second-order valence-corrected chi connectivity index (χ2v) is 5.85. The van der Waals surface area contributed by atoms with Crippen molar-refractivity contribution in [1.82, 2.24) is 0 Å². The van der Waals surface area contributed by atoms with Crippen molar-refractivity contribution in [3.05, 3.63) is 24.3 Å². The number of thioether (sulfide) groups is 1. The van der Waals surface area contributed by atoms with Crippen molar-refractivity contribution in [1.29, 1.82) is 0 Å². The number of hydrogen-bond acceptors (Lipinski definition) is 3. The number of rotatable bonds is 4. The fourth-order valence-corrected chi connectivity index (χ4v) is 3.30. The highest BCUT2D eigenvalue weighted by Gasteiger charge is 2.32. The normalized spacial score (nSPS) is 18.6. The van der Waals surface area contributed by atoms with Crippen LogP contribution in [0.1, 0.15) is 25.7 Å². The third-order valence-electron chi connectivity index (χ3n) is 3.45. The van der Waals surface area contributed by atoms with Crippen LogP contribution < -0.4 is 11.1 Å². The molecule has 16 heavy (non-hydrogen) atoms. The van der Waals surface area contributed by atoms with Gasteiger partial charge >= 0.3 is 0 Å². The van der Waals surface area contributed by atoms with Crippen LogP contribution in [-0.4, -0.2) is 17.5 Å². The van der Waals surface area contributed by atoms with Crippen LogP contribution in [0.25, 0.3) is 0 Å². The third-order valence-corrected chi connectivity index (χ3v) is 4.87. The maximum Gasteiger partial charge on any atom is 0.0361 e. The van der Waals surface area contributed by atoms with Crippen LogP contribution in [0.5, 0.6) is 0 Å². The first-order valence-electron chi connectivity index (χ1n) is 5.89. The standard InChI is InChI=1S/C13H20N2S/c1-16-13(7-2-3-8-13)10-15-12-6-4-5-11(14)9-12/h4-6,9,15H,2-3,7-8,10,14H2,1H3. The molecule has 88 valence electrons. The third kappa shape index (κ3) is 2.64. The Bertz CT molecular complexity index is 346. The molecule has 3 heteroatoms. The first-order valence-corrected chi connectivity index (χ1v) is 7.11. The molecule has 1 fully saturated rings. The topological polar surface area (TPSA) is 38.0 Å². The average molecular weight is 236 g/mol. The molecule has 0 amide bonds. The Morgan fingerprint density at radius 2 is 2.12 bits per heavy atom. The molecule has 0 aliphatic heterocycles. The number of benzene rings is 1. The Morgan fingerprint density at radius 1 is 1.38 bits per heavy atom. The predicted molar refractivity (Wildman–Crippen MR) is 74.1 cm³/mol. The largest absolute Gasteiger partial charge is 0.399 e. The second-order valence-electron chi connectivity index (χ2n) is 4.57. The van der Waals surface area contributed by atoms with Gasteiger partial charge in [0.1, 0.15) is 0 Å². The van der Waals surface area contributed by atoms with Gasteiger partial charge in [-0.2, -0.15) is 11.8 Å². The van der Waals surface area contributed by atoms with Crippen LogP contribution in [0.3, 0.4) is 0 Å². The summed E-state index contributed by atoms with van der Waals surface area (Å²) in [5.41, 5.74) is 7.73. The van der Waals surface area contributed by atoms with Gasteiger partial charge in [0.05, 0.1) is 0 Å². The van der Waals surface area contributed by atoms with Gasteiger partial charge in [0.15, 0.2) is 0 Å². The highest BCUT2D eigenvalue weighted by Crippen LogP contribution is 2.40. The summed E-state index contributed by atoms with van der Waals surface area (Å²) in [7, 11) is 0. The second kappa shape index (κ2) is 5.00. The molecule has 0 radical (unpaired) electrons. The van der Waals surface area contributed by atoms with E-state index in [1.54, 1.807) is 0 Å². The lowest BCUT2D eigenvalue weighted by Crippen LogP contribution is -2.29. The van der Waals surface area contributed by atoms with Gasteiger partial charge in [0, 0.05) is 22.7 Å². The molecule has 0 atom stereocenters. The monoisotopic (exact) mass is 236 g/mol. The maximum atomic E-state index is 5.76. The van der Waals surface area contributed by atoms with Crippen LogP contribution in [0, 0.1) is 0 Å². The summed E-state index contributed by atoms with van der Waals surface area (Å²) in [6, 6.07) is 8.01. The van der Waals surface area contributed by atoms with Crippen molar-refractivity contribution in [3.63, 3.8) is 0 Å². The van der Waals surface area contributed by atoms with Crippen molar-refractivity contribution in [2.45, 2.75) is 30.4 Å². The molecule has 0 aromatic heterocycles. The molecule has 1 aliphatic carbocycles. The molecule has 1 saturated carbocycles. The fraction of sp³-hybridized carbons (Fsp3) is 0.538. The van der Waals surface area contributed by atoms with E-state index in [9.17, 15) is 0 Å². The van der Waals surface area contributed by atoms with Gasteiger partial charge in [0.2, 0.25) is 0 Å². The molecular formula is C13H20N2S. The number of hydrogen-bond donors (Lipinski definition) is 2. The summed E-state index contributed by atoms with van der Waals surface area (Å²) in [6.45, 7) is 1.05. The van der Waals surface area contributed by atoms with E-state index < -0.39 is 0 Å². The van der Waals surface area contributed by atoms with E-state index in [-0.39, 0.29) is 0 Å². The molecule has 2 rings (SSSR count). The van der Waals surface area contributed by atoms with E-state index in [0.29, 0.717) is 4.75 Å². The van der Waals surface area contributed by atoms with Crippen molar-refractivity contribution < 1.29 is 0 Å². The van der Waals surface area contributed by atoms with Crippen LogP contribution in [0.2, 0.25) is 0 Å². The van der Waals surface area contributed by atoms with E-state index in [1.807, 2.05) is 30.0 Å². The van der Waals surface area contributed by atoms with E-state index >= 15 is 0 Å². The van der Waals surface area contributed by atoms with E-state index in [2.05, 4.69) is 17.6 Å². The lowest BCUT2D eigenvalue weighted by atomic mass is 10.1. The molecule has 1 aromatic carbocycles. The molecule has 0 heterocycles. The van der Waals surface area contributed by atoms with Crippen LogP contribution in [0.15, 0.2) is 24.3 Å². The molecule has 0 bridgehead atoms. The summed E-state index contributed by atoms with van der Waals surface area (Å²) in [5.74, 6) is 0. The van der Waals surface area contributed by atoms with Gasteiger partial charge in [-0.25, -0.2) is 0 Å². The zero-order valence-electron chi connectivity index (χ0n) is 9.83. The van der Waals surface area contributed by atoms with Crippen molar-refractivity contribution in [2.24, 2.45) is 0 Å². The molecule has 1 aliphatic rings. The van der Waals surface area contributed by atoms with Crippen molar-refractivity contribution >= 4 is 23.1 Å². The average Bonchev–Trinajstić information content (AvgIpc) is 2.76. The Hall–Kier alpha value is -0.830.